The summed E-state index contributed by atoms with van der Waals surface area (Å²) in [4.78, 5) is 0. The summed E-state index contributed by atoms with van der Waals surface area (Å²) < 4.78 is 13.6. The number of aryl methyl sites for hydroxylation is 1. The molecule has 1 aromatic rings. The van der Waals surface area contributed by atoms with E-state index in [-0.39, 0.29) is 17.3 Å². The third-order valence-electron chi connectivity index (χ3n) is 4.30. The third kappa shape index (κ3) is 2.44. The van der Waals surface area contributed by atoms with Crippen molar-refractivity contribution in [3.63, 3.8) is 0 Å². The third-order valence-corrected chi connectivity index (χ3v) is 4.30. The Hall–Kier alpha value is -0.890. The van der Waals surface area contributed by atoms with Gasteiger partial charge in [0.05, 0.1) is 0 Å². The average Bonchev–Trinajstić information content (AvgIpc) is 2.12. The fraction of sp³-hybridized carbons (Fsp3) is 0.625. The predicted molar refractivity (Wildman–Crippen MR) is 74.1 cm³/mol. The zero-order valence-electron chi connectivity index (χ0n) is 11.7. The van der Waals surface area contributed by atoms with E-state index in [0.29, 0.717) is 5.92 Å². The van der Waals surface area contributed by atoms with E-state index < -0.39 is 0 Å². The Balaban J connectivity index is 2.31. The van der Waals surface area contributed by atoms with Gasteiger partial charge in [0.2, 0.25) is 0 Å². The fourth-order valence-corrected chi connectivity index (χ4v) is 3.19. The van der Waals surface area contributed by atoms with Gasteiger partial charge < -0.3 is 5.73 Å². The molecule has 1 aliphatic carbocycles. The molecule has 2 N–H and O–H groups in total. The SMILES string of the molecule is Cc1cc(F)cc(C2(C(N)CC(C)C)CCC2)c1. The highest BCUT2D eigenvalue weighted by molar-refractivity contribution is 5.34. The standard InChI is InChI=1S/C16H24FN/c1-11(2)7-15(18)16(5-4-6-16)13-8-12(3)9-14(17)10-13/h8-11,15H,4-7,18H2,1-3H3. The van der Waals surface area contributed by atoms with Crippen molar-refractivity contribution in [1.29, 1.82) is 0 Å². The maximum atomic E-state index is 13.6. The topological polar surface area (TPSA) is 26.0 Å². The van der Waals surface area contributed by atoms with E-state index in [0.717, 1.165) is 30.4 Å². The first-order valence-electron chi connectivity index (χ1n) is 6.97. The Labute approximate surface area is 110 Å². The van der Waals surface area contributed by atoms with E-state index in [1.807, 2.05) is 6.92 Å². The molecule has 0 aromatic heterocycles. The minimum Gasteiger partial charge on any atom is -0.327 e. The zero-order valence-corrected chi connectivity index (χ0v) is 11.7. The van der Waals surface area contributed by atoms with Crippen molar-refractivity contribution >= 4 is 0 Å². The van der Waals surface area contributed by atoms with E-state index >= 15 is 0 Å². The second-order valence-electron chi connectivity index (χ2n) is 6.26. The Bertz CT molecular complexity index is 401. The van der Waals surface area contributed by atoms with Crippen LogP contribution < -0.4 is 5.73 Å². The van der Waals surface area contributed by atoms with Crippen LogP contribution in [0, 0.1) is 18.7 Å². The maximum Gasteiger partial charge on any atom is 0.123 e. The Morgan fingerprint density at radius 2 is 1.94 bits per heavy atom. The molecule has 0 aliphatic heterocycles. The summed E-state index contributed by atoms with van der Waals surface area (Å²) in [6.07, 6.45) is 4.42. The van der Waals surface area contributed by atoms with Gasteiger partial charge in [-0.2, -0.15) is 0 Å². The molecule has 2 heteroatoms. The minimum absolute atomic E-state index is 0.0249. The lowest BCUT2D eigenvalue weighted by atomic mass is 9.59. The Morgan fingerprint density at radius 1 is 1.28 bits per heavy atom. The van der Waals surface area contributed by atoms with Crippen molar-refractivity contribution in [3.05, 3.63) is 35.1 Å². The molecular weight excluding hydrogens is 225 g/mol. The molecule has 0 radical (unpaired) electrons. The molecule has 0 bridgehead atoms. The molecular formula is C16H24FN. The molecule has 0 heterocycles. The predicted octanol–water partition coefficient (Wildman–Crippen LogP) is 3.93. The van der Waals surface area contributed by atoms with Crippen LogP contribution >= 0.6 is 0 Å². The summed E-state index contributed by atoms with van der Waals surface area (Å²) in [7, 11) is 0. The average molecular weight is 249 g/mol. The molecule has 1 nitrogen and oxygen atoms in total. The van der Waals surface area contributed by atoms with Gasteiger partial charge in [0, 0.05) is 11.5 Å². The van der Waals surface area contributed by atoms with Crippen LogP contribution in [0.2, 0.25) is 0 Å². The van der Waals surface area contributed by atoms with Gasteiger partial charge in [0.15, 0.2) is 0 Å². The van der Waals surface area contributed by atoms with Crippen LogP contribution in [0.15, 0.2) is 18.2 Å². The number of rotatable bonds is 4. The van der Waals surface area contributed by atoms with Gasteiger partial charge in [-0.05, 0) is 55.4 Å². The van der Waals surface area contributed by atoms with Gasteiger partial charge in [-0.15, -0.1) is 0 Å². The summed E-state index contributed by atoms with van der Waals surface area (Å²) in [6.45, 7) is 6.35. The fourth-order valence-electron chi connectivity index (χ4n) is 3.19. The second-order valence-corrected chi connectivity index (χ2v) is 6.26. The molecule has 0 saturated heterocycles. The van der Waals surface area contributed by atoms with E-state index in [2.05, 4.69) is 19.9 Å². The van der Waals surface area contributed by atoms with E-state index in [1.54, 1.807) is 12.1 Å². The van der Waals surface area contributed by atoms with Gasteiger partial charge in [-0.3, -0.25) is 0 Å². The first kappa shape index (κ1) is 13.5. The molecule has 100 valence electrons. The summed E-state index contributed by atoms with van der Waals surface area (Å²) in [5.74, 6) is 0.458. The normalized spacial score (nSPS) is 19.7. The first-order chi connectivity index (χ1) is 8.44. The van der Waals surface area contributed by atoms with Crippen LogP contribution in [-0.4, -0.2) is 6.04 Å². The van der Waals surface area contributed by atoms with Crippen molar-refractivity contribution in [3.8, 4) is 0 Å². The Morgan fingerprint density at radius 3 is 2.39 bits per heavy atom. The van der Waals surface area contributed by atoms with Gasteiger partial charge in [-0.1, -0.05) is 26.3 Å². The number of hydrogen-bond donors (Lipinski definition) is 1. The Kier molecular flexibility index (Phi) is 3.76. The highest BCUT2D eigenvalue weighted by atomic mass is 19.1. The van der Waals surface area contributed by atoms with E-state index in [1.165, 1.54) is 6.42 Å². The molecule has 0 amide bonds. The zero-order chi connectivity index (χ0) is 13.3. The summed E-state index contributed by atoms with van der Waals surface area (Å²) in [5.41, 5.74) is 8.55. The molecule has 2 rings (SSSR count). The molecule has 1 aliphatic rings. The van der Waals surface area contributed by atoms with Crippen LogP contribution in [0.3, 0.4) is 0 Å². The number of benzene rings is 1. The first-order valence-corrected chi connectivity index (χ1v) is 6.97. The highest BCUT2D eigenvalue weighted by Crippen LogP contribution is 2.47. The van der Waals surface area contributed by atoms with Crippen LogP contribution in [-0.2, 0) is 5.41 Å². The van der Waals surface area contributed by atoms with Crippen molar-refractivity contribution in [1.82, 2.24) is 0 Å². The van der Waals surface area contributed by atoms with Crippen molar-refractivity contribution in [2.45, 2.75) is 57.9 Å². The largest absolute Gasteiger partial charge is 0.327 e. The van der Waals surface area contributed by atoms with Crippen molar-refractivity contribution in [2.24, 2.45) is 11.7 Å². The lowest BCUT2D eigenvalue weighted by Gasteiger charge is -2.47. The van der Waals surface area contributed by atoms with Gasteiger partial charge in [0.1, 0.15) is 5.82 Å². The van der Waals surface area contributed by atoms with E-state index in [9.17, 15) is 4.39 Å². The molecule has 1 aromatic carbocycles. The van der Waals surface area contributed by atoms with Crippen molar-refractivity contribution < 1.29 is 4.39 Å². The smallest absolute Gasteiger partial charge is 0.123 e. The van der Waals surface area contributed by atoms with Crippen LogP contribution in [0.25, 0.3) is 0 Å². The van der Waals surface area contributed by atoms with Crippen LogP contribution in [0.1, 0.15) is 50.7 Å². The molecule has 1 fully saturated rings. The number of hydrogen-bond acceptors (Lipinski definition) is 1. The number of halogens is 1. The van der Waals surface area contributed by atoms with E-state index in [4.69, 9.17) is 5.73 Å². The van der Waals surface area contributed by atoms with Gasteiger partial charge in [-0.25, -0.2) is 4.39 Å². The van der Waals surface area contributed by atoms with Crippen molar-refractivity contribution in [2.75, 3.05) is 0 Å². The molecule has 0 spiro atoms. The molecule has 1 atom stereocenters. The summed E-state index contributed by atoms with van der Waals surface area (Å²) in [6, 6.07) is 5.53. The molecule has 1 saturated carbocycles. The maximum absolute atomic E-state index is 13.6. The van der Waals surface area contributed by atoms with Gasteiger partial charge >= 0.3 is 0 Å². The van der Waals surface area contributed by atoms with Crippen LogP contribution in [0.4, 0.5) is 4.39 Å². The minimum atomic E-state index is -0.131. The number of nitrogens with two attached hydrogens (primary N) is 1. The molecule has 1 unspecified atom stereocenters. The molecule has 18 heavy (non-hydrogen) atoms. The quantitative estimate of drug-likeness (QED) is 0.859. The van der Waals surface area contributed by atoms with Crippen LogP contribution in [0.5, 0.6) is 0 Å². The summed E-state index contributed by atoms with van der Waals surface area (Å²) >= 11 is 0. The monoisotopic (exact) mass is 249 g/mol. The van der Waals surface area contributed by atoms with Gasteiger partial charge in [0.25, 0.3) is 0 Å². The lowest BCUT2D eigenvalue weighted by molar-refractivity contribution is 0.178. The second kappa shape index (κ2) is 5.00. The highest BCUT2D eigenvalue weighted by Gasteiger charge is 2.44. The summed E-state index contributed by atoms with van der Waals surface area (Å²) in [5, 5.41) is 0. The lowest BCUT2D eigenvalue weighted by Crippen LogP contribution is -2.51.